The summed E-state index contributed by atoms with van der Waals surface area (Å²) in [7, 11) is 0. The Labute approximate surface area is 254 Å². The van der Waals surface area contributed by atoms with Crippen molar-refractivity contribution in [2.24, 2.45) is 0 Å². The predicted octanol–water partition coefficient (Wildman–Crippen LogP) is 6.05. The van der Waals surface area contributed by atoms with Gasteiger partial charge in [0.1, 0.15) is 5.75 Å². The number of ether oxygens (including phenoxy) is 1. The van der Waals surface area contributed by atoms with Gasteiger partial charge in [-0.3, -0.25) is 19.2 Å². The number of aromatic amines is 2. The number of aldehydes is 1. The molecule has 0 atom stereocenters. The maximum Gasteiger partial charge on any atom is 0.303 e. The lowest BCUT2D eigenvalue weighted by Gasteiger charge is -2.08. The van der Waals surface area contributed by atoms with Crippen molar-refractivity contribution in [2.45, 2.75) is 46.5 Å². The van der Waals surface area contributed by atoms with Crippen LogP contribution >= 0.6 is 0 Å². The van der Waals surface area contributed by atoms with E-state index in [0.29, 0.717) is 30.7 Å². The lowest BCUT2D eigenvalue weighted by atomic mass is 9.99. The summed E-state index contributed by atoms with van der Waals surface area (Å²) in [5, 5.41) is 20.3. The quantitative estimate of drug-likeness (QED) is 0.104. The summed E-state index contributed by atoms with van der Waals surface area (Å²) in [4.78, 5) is 50.2. The highest BCUT2D eigenvalue weighted by atomic mass is 16.5. The van der Waals surface area contributed by atoms with Crippen LogP contribution in [0.15, 0.2) is 54.9 Å². The third-order valence-corrected chi connectivity index (χ3v) is 7.48. The summed E-state index contributed by atoms with van der Waals surface area (Å²) in [6.07, 6.45) is 7.15. The highest BCUT2D eigenvalue weighted by molar-refractivity contribution is 6.35. The molecule has 10 heteroatoms. The number of carboxylic acids is 2. The lowest BCUT2D eigenvalue weighted by Crippen LogP contribution is -2.03. The summed E-state index contributed by atoms with van der Waals surface area (Å²) in [5.74, 6) is -0.997. The number of benzene rings is 2. The highest BCUT2D eigenvalue weighted by Crippen LogP contribution is 2.37. The number of aryl methyl sites for hydroxylation is 2. The lowest BCUT2D eigenvalue weighted by molar-refractivity contribution is -0.138. The van der Waals surface area contributed by atoms with Crippen LogP contribution in [-0.4, -0.2) is 50.9 Å². The fourth-order valence-corrected chi connectivity index (χ4v) is 4.98. The molecule has 0 radical (unpaired) electrons. The second-order valence-electron chi connectivity index (χ2n) is 10.3. The van der Waals surface area contributed by atoms with E-state index in [9.17, 15) is 19.2 Å². The number of hydrogen-bond acceptors (Lipinski definition) is 5. The number of H-pyrrole nitrogens is 2. The molecule has 2 aromatic heterocycles. The van der Waals surface area contributed by atoms with Crippen molar-refractivity contribution in [3.05, 3.63) is 94.1 Å². The topological polar surface area (TPSA) is 162 Å². The monoisotopic (exact) mass is 597 g/mol. The number of carbonyl (C=O) groups excluding carboxylic acids is 2. The average Bonchev–Trinajstić information content (AvgIpc) is 3.64. The van der Waals surface area contributed by atoms with Crippen molar-refractivity contribution >= 4 is 41.5 Å². The zero-order chi connectivity index (χ0) is 31.8. The molecule has 0 fully saturated rings. The molecular weight excluding hydrogens is 562 g/mol. The van der Waals surface area contributed by atoms with E-state index in [-0.39, 0.29) is 18.7 Å². The Morgan fingerprint density at radius 2 is 1.48 bits per heavy atom. The van der Waals surface area contributed by atoms with Gasteiger partial charge in [-0.2, -0.15) is 0 Å². The Morgan fingerprint density at radius 3 is 2.07 bits per heavy atom. The van der Waals surface area contributed by atoms with Gasteiger partial charge in [0, 0.05) is 42.2 Å². The first-order valence-electron chi connectivity index (χ1n) is 14.2. The standard InChI is InChI=1S/C25H24N2O4.C9H11NO3/c1-3-31-19-6-4-5-16(11-19)17-7-9-20-21(25(30)27-23(20)12-17)13-22-15(2)18(14-26-22)8-10-24(28)29;1-6-7(2-3-9(12)13)4-10-8(6)5-11/h4-7,9,11-14,26H,3,8,10H2,1-2H3,(H,27,30)(H,28,29);4-5,10H,2-3H2,1H3,(H,12,13). The molecule has 0 saturated carbocycles. The molecule has 5 N–H and O–H groups in total. The first kappa shape index (κ1) is 31.6. The Hall–Kier alpha value is -5.38. The van der Waals surface area contributed by atoms with Crippen LogP contribution in [0.5, 0.6) is 5.75 Å². The van der Waals surface area contributed by atoms with Gasteiger partial charge in [0.15, 0.2) is 6.29 Å². The van der Waals surface area contributed by atoms with Crippen LogP contribution in [0.4, 0.5) is 5.69 Å². The summed E-state index contributed by atoms with van der Waals surface area (Å²) < 4.78 is 5.59. The van der Waals surface area contributed by atoms with Crippen molar-refractivity contribution in [1.82, 2.24) is 9.97 Å². The maximum absolute atomic E-state index is 12.7. The van der Waals surface area contributed by atoms with Crippen LogP contribution < -0.4 is 10.1 Å². The zero-order valence-electron chi connectivity index (χ0n) is 24.8. The fourth-order valence-electron chi connectivity index (χ4n) is 4.98. The summed E-state index contributed by atoms with van der Waals surface area (Å²) in [5.41, 5.74) is 9.18. The number of anilines is 1. The smallest absolute Gasteiger partial charge is 0.303 e. The van der Waals surface area contributed by atoms with Crippen molar-refractivity contribution in [1.29, 1.82) is 0 Å². The largest absolute Gasteiger partial charge is 0.494 e. The molecule has 0 spiro atoms. The van der Waals surface area contributed by atoms with Crippen molar-refractivity contribution in [3.63, 3.8) is 0 Å². The molecule has 3 heterocycles. The zero-order valence-corrected chi connectivity index (χ0v) is 24.8. The molecular formula is C34H35N3O7. The van der Waals surface area contributed by atoms with E-state index < -0.39 is 11.9 Å². The first-order valence-corrected chi connectivity index (χ1v) is 14.2. The molecule has 0 aliphatic carbocycles. The summed E-state index contributed by atoms with van der Waals surface area (Å²) in [6.45, 7) is 6.29. The van der Waals surface area contributed by atoms with E-state index in [1.165, 1.54) is 0 Å². The molecule has 0 unspecified atom stereocenters. The van der Waals surface area contributed by atoms with E-state index in [1.807, 2.05) is 68.6 Å². The van der Waals surface area contributed by atoms with Gasteiger partial charge >= 0.3 is 11.9 Å². The minimum atomic E-state index is -0.827. The molecule has 0 bridgehead atoms. The van der Waals surface area contributed by atoms with Gasteiger partial charge in [-0.15, -0.1) is 0 Å². The van der Waals surface area contributed by atoms with E-state index in [0.717, 1.165) is 62.4 Å². The van der Waals surface area contributed by atoms with Crippen LogP contribution in [0.25, 0.3) is 22.8 Å². The Kier molecular flexibility index (Phi) is 10.2. The molecule has 228 valence electrons. The van der Waals surface area contributed by atoms with Crippen molar-refractivity contribution in [3.8, 4) is 16.9 Å². The highest BCUT2D eigenvalue weighted by Gasteiger charge is 2.25. The Balaban J connectivity index is 0.000000285. The number of fused-ring (bicyclic) bond motifs is 1. The molecule has 1 aliphatic heterocycles. The van der Waals surface area contributed by atoms with Crippen LogP contribution in [0, 0.1) is 13.8 Å². The van der Waals surface area contributed by atoms with Gasteiger partial charge in [-0.1, -0.05) is 24.3 Å². The van der Waals surface area contributed by atoms with Gasteiger partial charge in [-0.25, -0.2) is 0 Å². The molecule has 2 aromatic carbocycles. The summed E-state index contributed by atoms with van der Waals surface area (Å²) in [6, 6.07) is 13.8. The number of carbonyl (C=O) groups is 4. The Bertz CT molecular complexity index is 1730. The number of aromatic nitrogens is 2. The van der Waals surface area contributed by atoms with Crippen LogP contribution in [0.2, 0.25) is 0 Å². The van der Waals surface area contributed by atoms with Crippen molar-refractivity contribution < 1.29 is 34.1 Å². The maximum atomic E-state index is 12.7. The predicted molar refractivity (Wildman–Crippen MR) is 168 cm³/mol. The molecule has 44 heavy (non-hydrogen) atoms. The van der Waals surface area contributed by atoms with Crippen LogP contribution in [0.3, 0.4) is 0 Å². The average molecular weight is 598 g/mol. The summed E-state index contributed by atoms with van der Waals surface area (Å²) >= 11 is 0. The molecule has 4 aromatic rings. The molecule has 0 saturated heterocycles. The van der Waals surface area contributed by atoms with Crippen molar-refractivity contribution in [2.75, 3.05) is 11.9 Å². The normalized spacial score (nSPS) is 12.7. The van der Waals surface area contributed by atoms with E-state index in [4.69, 9.17) is 14.9 Å². The van der Waals surface area contributed by atoms with E-state index >= 15 is 0 Å². The number of nitrogens with one attached hydrogen (secondary N) is 3. The van der Waals surface area contributed by atoms with E-state index in [1.54, 1.807) is 13.1 Å². The number of amides is 1. The van der Waals surface area contributed by atoms with Gasteiger partial charge in [0.2, 0.25) is 0 Å². The number of rotatable bonds is 11. The third-order valence-electron chi connectivity index (χ3n) is 7.48. The molecule has 1 aliphatic rings. The second-order valence-corrected chi connectivity index (χ2v) is 10.3. The second kappa shape index (κ2) is 14.2. The number of hydrogen-bond donors (Lipinski definition) is 5. The minimum absolute atomic E-state index is 0.0747. The third kappa shape index (κ3) is 7.52. The van der Waals surface area contributed by atoms with E-state index in [2.05, 4.69) is 15.3 Å². The molecule has 10 nitrogen and oxygen atoms in total. The molecule has 5 rings (SSSR count). The van der Waals surface area contributed by atoms with Gasteiger partial charge < -0.3 is 30.2 Å². The fraction of sp³-hybridized carbons (Fsp3) is 0.235. The van der Waals surface area contributed by atoms with Gasteiger partial charge in [0.25, 0.3) is 5.91 Å². The van der Waals surface area contributed by atoms with Gasteiger partial charge in [0.05, 0.1) is 17.9 Å². The first-order chi connectivity index (χ1) is 21.1. The van der Waals surface area contributed by atoms with Crippen LogP contribution in [-0.2, 0) is 27.2 Å². The SMILES string of the molecule is CCOc1cccc(-c2ccc3c(c2)NC(=O)C3=Cc2[nH]cc(CCC(=O)O)c2C)c1.Cc1c(CCC(=O)O)c[nH]c1C=O. The Morgan fingerprint density at radius 1 is 0.864 bits per heavy atom. The number of carboxylic acid groups (broad SMARTS) is 2. The van der Waals surface area contributed by atoms with Crippen LogP contribution in [0.1, 0.15) is 63.8 Å². The number of aliphatic carboxylic acids is 2. The molecule has 1 amide bonds. The van der Waals surface area contributed by atoms with Gasteiger partial charge in [-0.05, 0) is 91.3 Å². The minimum Gasteiger partial charge on any atom is -0.494 e.